The summed E-state index contributed by atoms with van der Waals surface area (Å²) in [5, 5.41) is 13.4. The van der Waals surface area contributed by atoms with Gasteiger partial charge in [-0.25, -0.2) is 0 Å². The Morgan fingerprint density at radius 2 is 1.94 bits per heavy atom. The lowest BCUT2D eigenvalue weighted by molar-refractivity contribution is -0.384. The minimum atomic E-state index is -0.434. The summed E-state index contributed by atoms with van der Waals surface area (Å²) >= 11 is 0. The first-order valence-electron chi connectivity index (χ1n) is 5.70. The van der Waals surface area contributed by atoms with Crippen LogP contribution in [0, 0.1) is 10.1 Å². The number of nitrogens with one attached hydrogen (secondary N) is 1. The zero-order valence-electron chi connectivity index (χ0n) is 9.39. The minimum Gasteiger partial charge on any atom is -0.356 e. The number of hydrogen-bond donors (Lipinski definition) is 1. The zero-order chi connectivity index (χ0) is 12.3. The van der Waals surface area contributed by atoms with Crippen molar-refractivity contribution in [1.82, 2.24) is 5.32 Å². The van der Waals surface area contributed by atoms with Crippen molar-refractivity contribution in [2.45, 2.75) is 25.2 Å². The number of carbonyl (C=O) groups excluding carboxylic acids is 1. The second-order valence-electron chi connectivity index (χ2n) is 4.19. The summed E-state index contributed by atoms with van der Waals surface area (Å²) < 4.78 is 0. The zero-order valence-corrected chi connectivity index (χ0v) is 9.39. The van der Waals surface area contributed by atoms with Gasteiger partial charge in [-0.3, -0.25) is 14.9 Å². The van der Waals surface area contributed by atoms with Gasteiger partial charge in [0.15, 0.2) is 0 Å². The maximum atomic E-state index is 11.8. The molecule has 5 heteroatoms. The van der Waals surface area contributed by atoms with Crippen LogP contribution in [-0.2, 0) is 4.79 Å². The average molecular weight is 234 g/mol. The molecule has 1 aliphatic heterocycles. The second-order valence-corrected chi connectivity index (χ2v) is 4.19. The number of hydrogen-bond acceptors (Lipinski definition) is 3. The lowest BCUT2D eigenvalue weighted by Gasteiger charge is -2.12. The fourth-order valence-electron chi connectivity index (χ4n) is 2.09. The van der Waals surface area contributed by atoms with Gasteiger partial charge in [-0.15, -0.1) is 0 Å². The number of non-ortho nitro benzene ring substituents is 1. The summed E-state index contributed by atoms with van der Waals surface area (Å²) in [6, 6.07) is 6.25. The van der Waals surface area contributed by atoms with E-state index in [4.69, 9.17) is 0 Å². The maximum absolute atomic E-state index is 11.8. The maximum Gasteiger partial charge on any atom is 0.269 e. The van der Waals surface area contributed by atoms with Gasteiger partial charge in [-0.05, 0) is 18.4 Å². The van der Waals surface area contributed by atoms with Gasteiger partial charge in [0.2, 0.25) is 5.91 Å². The van der Waals surface area contributed by atoms with E-state index in [2.05, 4.69) is 5.32 Å². The molecule has 0 bridgehead atoms. The predicted molar refractivity (Wildman–Crippen MR) is 62.7 cm³/mol. The molecular formula is C12H14N2O3. The summed E-state index contributed by atoms with van der Waals surface area (Å²) in [4.78, 5) is 21.9. The van der Waals surface area contributed by atoms with Crippen LogP contribution in [0.1, 0.15) is 30.7 Å². The highest BCUT2D eigenvalue weighted by molar-refractivity contribution is 5.83. The third kappa shape index (κ3) is 2.61. The van der Waals surface area contributed by atoms with Crippen molar-refractivity contribution in [2.75, 3.05) is 6.54 Å². The smallest absolute Gasteiger partial charge is 0.269 e. The molecule has 2 rings (SSSR count). The highest BCUT2D eigenvalue weighted by Gasteiger charge is 2.22. The molecule has 1 amide bonds. The highest BCUT2D eigenvalue weighted by atomic mass is 16.6. The van der Waals surface area contributed by atoms with E-state index in [1.165, 1.54) is 12.1 Å². The molecule has 1 saturated heterocycles. The Morgan fingerprint density at radius 3 is 2.59 bits per heavy atom. The summed E-state index contributed by atoms with van der Waals surface area (Å²) in [6.07, 6.45) is 2.80. The molecule has 0 saturated carbocycles. The van der Waals surface area contributed by atoms with E-state index in [-0.39, 0.29) is 17.5 Å². The normalized spacial score (nSPS) is 20.5. The minimum absolute atomic E-state index is 0.0244. The highest BCUT2D eigenvalue weighted by Crippen LogP contribution is 2.25. The summed E-state index contributed by atoms with van der Waals surface area (Å²) in [5.74, 6) is -0.144. The van der Waals surface area contributed by atoms with Gasteiger partial charge in [0.05, 0.1) is 10.8 Å². The molecule has 0 aliphatic carbocycles. The van der Waals surface area contributed by atoms with Crippen molar-refractivity contribution in [3.63, 3.8) is 0 Å². The lowest BCUT2D eigenvalue weighted by Crippen LogP contribution is -2.27. The molecule has 1 heterocycles. The fraction of sp³-hybridized carbons (Fsp3) is 0.417. The molecule has 0 radical (unpaired) electrons. The Bertz CT molecular complexity index is 428. The quantitative estimate of drug-likeness (QED) is 0.628. The van der Waals surface area contributed by atoms with Gasteiger partial charge < -0.3 is 5.32 Å². The van der Waals surface area contributed by atoms with Crippen LogP contribution in [0.4, 0.5) is 5.69 Å². The molecule has 1 aliphatic rings. The molecule has 90 valence electrons. The Kier molecular flexibility index (Phi) is 3.37. The van der Waals surface area contributed by atoms with E-state index in [9.17, 15) is 14.9 Å². The summed E-state index contributed by atoms with van der Waals surface area (Å²) in [6.45, 7) is 0.725. The third-order valence-corrected chi connectivity index (χ3v) is 3.04. The van der Waals surface area contributed by atoms with Crippen LogP contribution in [0.25, 0.3) is 0 Å². The van der Waals surface area contributed by atoms with Crippen molar-refractivity contribution < 1.29 is 9.72 Å². The number of nitro benzene ring substituents is 1. The molecule has 1 atom stereocenters. The molecule has 1 unspecified atom stereocenters. The van der Waals surface area contributed by atoms with E-state index in [0.29, 0.717) is 0 Å². The van der Waals surface area contributed by atoms with E-state index in [1.807, 2.05) is 0 Å². The Labute approximate surface area is 99.0 Å². The first-order chi connectivity index (χ1) is 8.18. The number of carbonyl (C=O) groups is 1. The molecule has 1 fully saturated rings. The van der Waals surface area contributed by atoms with Gasteiger partial charge in [0, 0.05) is 18.7 Å². The molecule has 1 aromatic rings. The molecule has 17 heavy (non-hydrogen) atoms. The molecule has 0 spiro atoms. The monoisotopic (exact) mass is 234 g/mol. The molecule has 5 nitrogen and oxygen atoms in total. The lowest BCUT2D eigenvalue weighted by atomic mass is 9.94. The van der Waals surface area contributed by atoms with Crippen molar-refractivity contribution in [3.05, 3.63) is 39.9 Å². The molecule has 1 N–H and O–H groups in total. The van der Waals surface area contributed by atoms with Crippen molar-refractivity contribution in [3.8, 4) is 0 Å². The average Bonchev–Trinajstić information content (AvgIpc) is 2.54. The molecule has 0 aromatic heterocycles. The second kappa shape index (κ2) is 4.95. The van der Waals surface area contributed by atoms with Gasteiger partial charge in [0.1, 0.15) is 0 Å². The summed E-state index contributed by atoms with van der Waals surface area (Å²) in [7, 11) is 0. The van der Waals surface area contributed by atoms with Gasteiger partial charge in [0.25, 0.3) is 5.69 Å². The number of nitro groups is 1. The van der Waals surface area contributed by atoms with Crippen LogP contribution in [0.3, 0.4) is 0 Å². The third-order valence-electron chi connectivity index (χ3n) is 3.04. The van der Waals surface area contributed by atoms with Crippen LogP contribution in [0.15, 0.2) is 24.3 Å². The number of nitrogens with zero attached hydrogens (tertiary/aromatic N) is 1. The van der Waals surface area contributed by atoms with Crippen LogP contribution in [0.5, 0.6) is 0 Å². The van der Waals surface area contributed by atoms with Crippen molar-refractivity contribution in [1.29, 1.82) is 0 Å². The van der Waals surface area contributed by atoms with Gasteiger partial charge in [-0.2, -0.15) is 0 Å². The number of amides is 1. The Morgan fingerprint density at radius 1 is 1.24 bits per heavy atom. The topological polar surface area (TPSA) is 72.2 Å². The SMILES string of the molecule is O=C1NCCCCC1c1ccc([N+](=O)[O-])cc1. The first-order valence-corrected chi connectivity index (χ1v) is 5.70. The Hall–Kier alpha value is -1.91. The largest absolute Gasteiger partial charge is 0.356 e. The van der Waals surface area contributed by atoms with Gasteiger partial charge in [-0.1, -0.05) is 18.6 Å². The van der Waals surface area contributed by atoms with E-state index >= 15 is 0 Å². The van der Waals surface area contributed by atoms with E-state index < -0.39 is 4.92 Å². The predicted octanol–water partition coefficient (Wildman–Crippen LogP) is 1.98. The number of benzene rings is 1. The first kappa shape index (κ1) is 11.6. The van der Waals surface area contributed by atoms with Crippen LogP contribution in [0.2, 0.25) is 0 Å². The van der Waals surface area contributed by atoms with Crippen molar-refractivity contribution in [2.24, 2.45) is 0 Å². The Balaban J connectivity index is 2.20. The van der Waals surface area contributed by atoms with Crippen LogP contribution < -0.4 is 5.32 Å². The van der Waals surface area contributed by atoms with Crippen LogP contribution in [-0.4, -0.2) is 17.4 Å². The standard InChI is InChI=1S/C12H14N2O3/c15-12-11(3-1-2-8-13-12)9-4-6-10(7-5-9)14(16)17/h4-7,11H,1-3,8H2,(H,13,15). The van der Waals surface area contributed by atoms with Crippen LogP contribution >= 0.6 is 0 Å². The fourth-order valence-corrected chi connectivity index (χ4v) is 2.09. The molecular weight excluding hydrogens is 220 g/mol. The van der Waals surface area contributed by atoms with Crippen molar-refractivity contribution >= 4 is 11.6 Å². The molecule has 1 aromatic carbocycles. The van der Waals surface area contributed by atoms with E-state index in [1.54, 1.807) is 12.1 Å². The number of rotatable bonds is 2. The summed E-state index contributed by atoms with van der Waals surface area (Å²) in [5.41, 5.74) is 0.915. The van der Waals surface area contributed by atoms with Gasteiger partial charge >= 0.3 is 0 Å². The van der Waals surface area contributed by atoms with E-state index in [0.717, 1.165) is 31.4 Å².